The Labute approximate surface area is 131 Å². The summed E-state index contributed by atoms with van der Waals surface area (Å²) in [6, 6.07) is 7.31. The molecule has 2 rings (SSSR count). The summed E-state index contributed by atoms with van der Waals surface area (Å²) < 4.78 is 5.96. The third-order valence-electron chi connectivity index (χ3n) is 2.63. The van der Waals surface area contributed by atoms with Crippen molar-refractivity contribution in [3.05, 3.63) is 24.3 Å². The first-order chi connectivity index (χ1) is 10.1. The molecular weight excluding hydrogens is 308 g/mol. The minimum Gasteiger partial charge on any atom is -0.495 e. The molecule has 0 fully saturated rings. The van der Waals surface area contributed by atoms with Gasteiger partial charge in [-0.05, 0) is 19.1 Å². The minimum absolute atomic E-state index is 0.106. The number of hydrogen-bond acceptors (Lipinski definition) is 7. The lowest BCUT2D eigenvalue weighted by molar-refractivity contribution is -0.115. The normalized spacial score (nSPS) is 11.8. The van der Waals surface area contributed by atoms with Gasteiger partial charge in [0, 0.05) is 7.05 Å². The molecule has 0 radical (unpaired) electrons. The molecule has 0 aliphatic carbocycles. The molecule has 0 aliphatic rings. The Kier molecular flexibility index (Phi) is 5.40. The van der Waals surface area contributed by atoms with E-state index in [1.54, 1.807) is 26.3 Å². The fourth-order valence-corrected chi connectivity index (χ4v) is 3.39. The van der Waals surface area contributed by atoms with Gasteiger partial charge in [0.05, 0.1) is 18.0 Å². The van der Waals surface area contributed by atoms with Crippen molar-refractivity contribution >= 4 is 39.8 Å². The summed E-state index contributed by atoms with van der Waals surface area (Å²) in [5.74, 6) is 0.530. The molecule has 0 unspecified atom stereocenters. The zero-order valence-electron chi connectivity index (χ0n) is 11.9. The number of thioether (sulfide) groups is 1. The average molecular weight is 324 g/mol. The summed E-state index contributed by atoms with van der Waals surface area (Å²) in [5, 5.41) is 14.2. The molecule has 1 heterocycles. The molecule has 2 N–H and O–H groups in total. The van der Waals surface area contributed by atoms with Gasteiger partial charge in [-0.25, -0.2) is 0 Å². The molecule has 8 heteroatoms. The molecule has 0 aliphatic heterocycles. The predicted molar refractivity (Wildman–Crippen MR) is 86.4 cm³/mol. The first-order valence-electron chi connectivity index (χ1n) is 6.26. The molecule has 1 atom stereocenters. The van der Waals surface area contributed by atoms with E-state index in [0.717, 1.165) is 9.47 Å². The number of benzene rings is 1. The average Bonchev–Trinajstić information content (AvgIpc) is 2.95. The highest BCUT2D eigenvalue weighted by molar-refractivity contribution is 8.02. The molecule has 0 saturated carbocycles. The standard InChI is InChI=1S/C13H16N4O2S2/c1-8(20-13-17-16-12(14-2)21-13)11(18)15-9-6-4-5-7-10(9)19-3/h4-8H,1-3H3,(H,14,16)(H,15,18)/t8-/m0/s1. The van der Waals surface area contributed by atoms with E-state index in [0.29, 0.717) is 11.4 Å². The van der Waals surface area contributed by atoms with Crippen LogP contribution in [0.5, 0.6) is 5.75 Å². The molecule has 0 saturated heterocycles. The van der Waals surface area contributed by atoms with Crippen molar-refractivity contribution in [2.24, 2.45) is 0 Å². The van der Waals surface area contributed by atoms with Crippen molar-refractivity contribution in [2.45, 2.75) is 16.5 Å². The van der Waals surface area contributed by atoms with Crippen LogP contribution in [0.3, 0.4) is 0 Å². The lowest BCUT2D eigenvalue weighted by atomic mass is 10.3. The van der Waals surface area contributed by atoms with Crippen molar-refractivity contribution in [1.29, 1.82) is 0 Å². The Balaban J connectivity index is 1.99. The van der Waals surface area contributed by atoms with E-state index in [-0.39, 0.29) is 11.2 Å². The van der Waals surface area contributed by atoms with Gasteiger partial charge in [-0.3, -0.25) is 4.79 Å². The molecule has 112 valence electrons. The summed E-state index contributed by atoms with van der Waals surface area (Å²) in [4.78, 5) is 12.2. The number of anilines is 2. The number of methoxy groups -OCH3 is 1. The fourth-order valence-electron chi connectivity index (χ4n) is 1.55. The number of aromatic nitrogens is 2. The summed E-state index contributed by atoms with van der Waals surface area (Å²) in [6.07, 6.45) is 0. The van der Waals surface area contributed by atoms with E-state index in [1.807, 2.05) is 19.1 Å². The predicted octanol–water partition coefficient (Wildman–Crippen LogP) is 2.71. The summed E-state index contributed by atoms with van der Waals surface area (Å²) in [7, 11) is 3.36. The Hall–Kier alpha value is -1.80. The maximum absolute atomic E-state index is 12.2. The number of hydrogen-bond donors (Lipinski definition) is 2. The first kappa shape index (κ1) is 15.6. The maximum Gasteiger partial charge on any atom is 0.237 e. The van der Waals surface area contributed by atoms with Gasteiger partial charge in [-0.15, -0.1) is 10.2 Å². The molecule has 0 spiro atoms. The number of amides is 1. The second-order valence-electron chi connectivity index (χ2n) is 4.07. The number of para-hydroxylation sites is 2. The molecule has 21 heavy (non-hydrogen) atoms. The highest BCUT2D eigenvalue weighted by atomic mass is 32.2. The SMILES string of the molecule is CNc1nnc(S[C@@H](C)C(=O)Nc2ccccc2OC)s1. The Bertz CT molecular complexity index is 618. The van der Waals surface area contributed by atoms with Gasteiger partial charge in [0.2, 0.25) is 11.0 Å². The van der Waals surface area contributed by atoms with Crippen LogP contribution in [-0.2, 0) is 4.79 Å². The largest absolute Gasteiger partial charge is 0.495 e. The molecule has 1 amide bonds. The highest BCUT2D eigenvalue weighted by Gasteiger charge is 2.18. The third kappa shape index (κ3) is 4.08. The van der Waals surface area contributed by atoms with Crippen LogP contribution in [0.25, 0.3) is 0 Å². The van der Waals surface area contributed by atoms with Crippen LogP contribution in [0.2, 0.25) is 0 Å². The summed E-state index contributed by atoms with van der Waals surface area (Å²) >= 11 is 2.79. The number of ether oxygens (including phenoxy) is 1. The number of rotatable bonds is 6. The second kappa shape index (κ2) is 7.28. The Morgan fingerprint density at radius 1 is 1.38 bits per heavy atom. The second-order valence-corrected chi connectivity index (χ2v) is 6.64. The smallest absolute Gasteiger partial charge is 0.237 e. The van der Waals surface area contributed by atoms with Crippen molar-refractivity contribution in [3.63, 3.8) is 0 Å². The van der Waals surface area contributed by atoms with Crippen molar-refractivity contribution in [2.75, 3.05) is 24.8 Å². The van der Waals surface area contributed by atoms with E-state index < -0.39 is 0 Å². The molecular formula is C13H16N4O2S2. The number of carbonyl (C=O) groups excluding carboxylic acids is 1. The van der Waals surface area contributed by atoms with Gasteiger partial charge >= 0.3 is 0 Å². The van der Waals surface area contributed by atoms with Crippen molar-refractivity contribution < 1.29 is 9.53 Å². The third-order valence-corrected chi connectivity index (χ3v) is 4.76. The van der Waals surface area contributed by atoms with Crippen LogP contribution >= 0.6 is 23.1 Å². The van der Waals surface area contributed by atoms with Gasteiger partial charge in [0.15, 0.2) is 4.34 Å². The van der Waals surface area contributed by atoms with Gasteiger partial charge < -0.3 is 15.4 Å². The van der Waals surface area contributed by atoms with Crippen molar-refractivity contribution in [1.82, 2.24) is 10.2 Å². The van der Waals surface area contributed by atoms with Gasteiger partial charge in [-0.2, -0.15) is 0 Å². The van der Waals surface area contributed by atoms with Gasteiger partial charge in [0.1, 0.15) is 5.75 Å². The zero-order valence-corrected chi connectivity index (χ0v) is 13.5. The molecule has 1 aromatic carbocycles. The maximum atomic E-state index is 12.2. The van der Waals surface area contributed by atoms with Crippen LogP contribution in [0, 0.1) is 0 Å². The molecule has 2 aromatic rings. The van der Waals surface area contributed by atoms with E-state index in [4.69, 9.17) is 4.74 Å². The van der Waals surface area contributed by atoms with Crippen LogP contribution < -0.4 is 15.4 Å². The van der Waals surface area contributed by atoms with E-state index >= 15 is 0 Å². The summed E-state index contributed by atoms with van der Waals surface area (Å²) in [5.41, 5.74) is 0.658. The highest BCUT2D eigenvalue weighted by Crippen LogP contribution is 2.30. The monoisotopic (exact) mass is 324 g/mol. The number of carbonyl (C=O) groups is 1. The molecule has 1 aromatic heterocycles. The van der Waals surface area contributed by atoms with Crippen LogP contribution in [0.15, 0.2) is 28.6 Å². The molecule has 6 nitrogen and oxygen atoms in total. The topological polar surface area (TPSA) is 76.1 Å². The van der Waals surface area contributed by atoms with E-state index in [9.17, 15) is 4.79 Å². The van der Waals surface area contributed by atoms with Gasteiger partial charge in [0.25, 0.3) is 0 Å². The fraction of sp³-hybridized carbons (Fsp3) is 0.308. The Morgan fingerprint density at radius 2 is 2.14 bits per heavy atom. The van der Waals surface area contributed by atoms with E-state index in [2.05, 4.69) is 20.8 Å². The van der Waals surface area contributed by atoms with E-state index in [1.165, 1.54) is 23.1 Å². The van der Waals surface area contributed by atoms with Gasteiger partial charge in [-0.1, -0.05) is 35.2 Å². The van der Waals surface area contributed by atoms with Crippen LogP contribution in [0.4, 0.5) is 10.8 Å². The minimum atomic E-state index is -0.285. The van der Waals surface area contributed by atoms with Crippen LogP contribution in [-0.4, -0.2) is 35.5 Å². The Morgan fingerprint density at radius 3 is 2.81 bits per heavy atom. The lowest BCUT2D eigenvalue weighted by Gasteiger charge is -2.12. The van der Waals surface area contributed by atoms with Crippen molar-refractivity contribution in [3.8, 4) is 5.75 Å². The molecule has 0 bridgehead atoms. The number of nitrogens with zero attached hydrogens (tertiary/aromatic N) is 2. The number of nitrogens with one attached hydrogen (secondary N) is 2. The summed E-state index contributed by atoms with van der Waals surface area (Å²) in [6.45, 7) is 1.83. The first-order valence-corrected chi connectivity index (χ1v) is 7.95. The zero-order chi connectivity index (χ0) is 15.2. The quantitative estimate of drug-likeness (QED) is 0.796. The lowest BCUT2D eigenvalue weighted by Crippen LogP contribution is -2.22. The van der Waals surface area contributed by atoms with Crippen LogP contribution in [0.1, 0.15) is 6.92 Å².